The van der Waals surface area contributed by atoms with Crippen LogP contribution in [0.15, 0.2) is 18.2 Å². The number of amides is 2. The van der Waals surface area contributed by atoms with Crippen molar-refractivity contribution in [1.82, 2.24) is 10.6 Å². The first-order valence-electron chi connectivity index (χ1n) is 9.44. The Morgan fingerprint density at radius 3 is 2.56 bits per heavy atom. The lowest BCUT2D eigenvalue weighted by atomic mass is 9.95. The van der Waals surface area contributed by atoms with E-state index in [1.54, 1.807) is 0 Å². The molecule has 0 heterocycles. The van der Waals surface area contributed by atoms with Crippen LogP contribution in [0, 0.1) is 6.92 Å². The van der Waals surface area contributed by atoms with Gasteiger partial charge in [-0.15, -0.1) is 0 Å². The molecule has 25 heavy (non-hydrogen) atoms. The fourth-order valence-electron chi connectivity index (χ4n) is 3.12. The van der Waals surface area contributed by atoms with Crippen molar-refractivity contribution in [3.63, 3.8) is 0 Å². The highest BCUT2D eigenvalue weighted by Crippen LogP contribution is 2.19. The van der Waals surface area contributed by atoms with E-state index in [0.29, 0.717) is 11.6 Å². The number of aryl methyl sites for hydroxylation is 1. The summed E-state index contributed by atoms with van der Waals surface area (Å²) in [5.41, 5.74) is 2.53. The van der Waals surface area contributed by atoms with Crippen LogP contribution in [-0.4, -0.2) is 30.4 Å². The molecule has 5 heteroatoms. The van der Waals surface area contributed by atoms with Crippen LogP contribution in [0.3, 0.4) is 0 Å². The zero-order chi connectivity index (χ0) is 18.2. The first-order chi connectivity index (χ1) is 12.0. The second-order valence-electron chi connectivity index (χ2n) is 7.07. The van der Waals surface area contributed by atoms with Crippen LogP contribution >= 0.6 is 0 Å². The average molecular weight is 345 g/mol. The smallest absolute Gasteiger partial charge is 0.251 e. The normalized spacial score (nSPS) is 16.1. The summed E-state index contributed by atoms with van der Waals surface area (Å²) in [5, 5.41) is 9.21. The van der Waals surface area contributed by atoms with E-state index in [0.717, 1.165) is 30.5 Å². The van der Waals surface area contributed by atoms with E-state index in [9.17, 15) is 9.59 Å². The first kappa shape index (κ1) is 19.3. The van der Waals surface area contributed by atoms with Crippen molar-refractivity contribution in [2.45, 2.75) is 71.4 Å². The maximum Gasteiger partial charge on any atom is 0.251 e. The SMILES string of the molecule is CC[C@@H](C)NC(=O)CNc1ccc(C(=O)NC2CCCCC2)cc1C. The number of nitrogens with one attached hydrogen (secondary N) is 3. The third kappa shape index (κ3) is 6.07. The van der Waals surface area contributed by atoms with Gasteiger partial charge < -0.3 is 16.0 Å². The summed E-state index contributed by atoms with van der Waals surface area (Å²) < 4.78 is 0. The van der Waals surface area contributed by atoms with E-state index in [1.165, 1.54) is 19.3 Å². The van der Waals surface area contributed by atoms with Gasteiger partial charge in [-0.05, 0) is 56.9 Å². The molecule has 1 aromatic rings. The summed E-state index contributed by atoms with van der Waals surface area (Å²) in [6.07, 6.45) is 6.74. The van der Waals surface area contributed by atoms with Gasteiger partial charge in [-0.3, -0.25) is 9.59 Å². The monoisotopic (exact) mass is 345 g/mol. The zero-order valence-corrected chi connectivity index (χ0v) is 15.7. The van der Waals surface area contributed by atoms with Crippen molar-refractivity contribution in [2.75, 3.05) is 11.9 Å². The van der Waals surface area contributed by atoms with E-state index in [-0.39, 0.29) is 24.4 Å². The number of hydrogen-bond donors (Lipinski definition) is 3. The van der Waals surface area contributed by atoms with Crippen LogP contribution in [0.5, 0.6) is 0 Å². The van der Waals surface area contributed by atoms with Crippen LogP contribution in [0.1, 0.15) is 68.3 Å². The van der Waals surface area contributed by atoms with Gasteiger partial charge in [0.1, 0.15) is 0 Å². The number of carbonyl (C=O) groups excluding carboxylic acids is 2. The summed E-state index contributed by atoms with van der Waals surface area (Å²) >= 11 is 0. The standard InChI is InChI=1S/C20H31N3O2/c1-4-15(3)22-19(24)13-21-18-11-10-16(12-14(18)2)20(25)23-17-8-6-5-7-9-17/h10-12,15,17,21H,4-9,13H2,1-3H3,(H,22,24)(H,23,25)/t15-/m1/s1. The lowest BCUT2D eigenvalue weighted by molar-refractivity contribution is -0.120. The van der Waals surface area contributed by atoms with Gasteiger partial charge in [0.15, 0.2) is 0 Å². The van der Waals surface area contributed by atoms with Crippen molar-refractivity contribution in [1.29, 1.82) is 0 Å². The predicted molar refractivity (Wildman–Crippen MR) is 102 cm³/mol. The molecular formula is C20H31N3O2. The van der Waals surface area contributed by atoms with Gasteiger partial charge in [-0.2, -0.15) is 0 Å². The summed E-state index contributed by atoms with van der Waals surface area (Å²) in [7, 11) is 0. The van der Waals surface area contributed by atoms with Crippen LogP contribution in [0.4, 0.5) is 5.69 Å². The molecule has 1 aliphatic carbocycles. The van der Waals surface area contributed by atoms with Gasteiger partial charge in [-0.1, -0.05) is 26.2 Å². The minimum Gasteiger partial charge on any atom is -0.376 e. The third-order valence-corrected chi connectivity index (χ3v) is 4.89. The molecular weight excluding hydrogens is 314 g/mol. The van der Waals surface area contributed by atoms with Crippen molar-refractivity contribution in [3.05, 3.63) is 29.3 Å². The Kier molecular flexibility index (Phi) is 7.29. The molecule has 3 N–H and O–H groups in total. The summed E-state index contributed by atoms with van der Waals surface area (Å²) in [5.74, 6) is -0.0241. The van der Waals surface area contributed by atoms with Crippen LogP contribution in [0.25, 0.3) is 0 Å². The second kappa shape index (κ2) is 9.44. The van der Waals surface area contributed by atoms with Gasteiger partial charge in [0.25, 0.3) is 5.91 Å². The van der Waals surface area contributed by atoms with Crippen LogP contribution < -0.4 is 16.0 Å². The van der Waals surface area contributed by atoms with Gasteiger partial charge in [-0.25, -0.2) is 0 Å². The number of hydrogen-bond acceptors (Lipinski definition) is 3. The van der Waals surface area contributed by atoms with Crippen molar-refractivity contribution < 1.29 is 9.59 Å². The molecule has 1 atom stereocenters. The molecule has 1 aliphatic rings. The highest BCUT2D eigenvalue weighted by atomic mass is 16.2. The lowest BCUT2D eigenvalue weighted by Crippen LogP contribution is -2.36. The Balaban J connectivity index is 1.88. The average Bonchev–Trinajstić information content (AvgIpc) is 2.61. The summed E-state index contributed by atoms with van der Waals surface area (Å²) in [4.78, 5) is 24.3. The quantitative estimate of drug-likeness (QED) is 0.709. The molecule has 0 aliphatic heterocycles. The van der Waals surface area contributed by atoms with E-state index >= 15 is 0 Å². The van der Waals surface area contributed by atoms with Gasteiger partial charge in [0.05, 0.1) is 6.54 Å². The maximum absolute atomic E-state index is 12.4. The Labute approximate surface area is 151 Å². The predicted octanol–water partition coefficient (Wildman–Crippen LogP) is 3.38. The van der Waals surface area contributed by atoms with Gasteiger partial charge in [0.2, 0.25) is 5.91 Å². The number of anilines is 1. The van der Waals surface area contributed by atoms with Crippen LogP contribution in [0.2, 0.25) is 0 Å². The van der Waals surface area contributed by atoms with Gasteiger partial charge >= 0.3 is 0 Å². The Hall–Kier alpha value is -2.04. The lowest BCUT2D eigenvalue weighted by Gasteiger charge is -2.23. The fourth-order valence-corrected chi connectivity index (χ4v) is 3.12. The number of rotatable bonds is 7. The van der Waals surface area contributed by atoms with Crippen molar-refractivity contribution >= 4 is 17.5 Å². The van der Waals surface area contributed by atoms with Crippen molar-refractivity contribution in [3.8, 4) is 0 Å². The molecule has 0 saturated heterocycles. The molecule has 2 rings (SSSR count). The van der Waals surface area contributed by atoms with E-state index in [1.807, 2.05) is 39.0 Å². The largest absolute Gasteiger partial charge is 0.376 e. The van der Waals surface area contributed by atoms with E-state index in [2.05, 4.69) is 16.0 Å². The van der Waals surface area contributed by atoms with Crippen molar-refractivity contribution in [2.24, 2.45) is 0 Å². The molecule has 138 valence electrons. The minimum absolute atomic E-state index is 0.00364. The Bertz CT molecular complexity index is 595. The number of carbonyl (C=O) groups is 2. The third-order valence-electron chi connectivity index (χ3n) is 4.89. The molecule has 0 radical (unpaired) electrons. The molecule has 1 saturated carbocycles. The molecule has 0 bridgehead atoms. The molecule has 5 nitrogen and oxygen atoms in total. The highest BCUT2D eigenvalue weighted by Gasteiger charge is 2.17. The molecule has 0 unspecified atom stereocenters. The second-order valence-corrected chi connectivity index (χ2v) is 7.07. The highest BCUT2D eigenvalue weighted by molar-refractivity contribution is 5.95. The topological polar surface area (TPSA) is 70.2 Å². The molecule has 1 aromatic carbocycles. The summed E-state index contributed by atoms with van der Waals surface area (Å²) in [6.45, 7) is 6.22. The maximum atomic E-state index is 12.4. The molecule has 0 spiro atoms. The molecule has 0 aromatic heterocycles. The molecule has 2 amide bonds. The van der Waals surface area contributed by atoms with E-state index in [4.69, 9.17) is 0 Å². The first-order valence-corrected chi connectivity index (χ1v) is 9.44. The van der Waals surface area contributed by atoms with Crippen LogP contribution in [-0.2, 0) is 4.79 Å². The van der Waals surface area contributed by atoms with E-state index < -0.39 is 0 Å². The summed E-state index contributed by atoms with van der Waals surface area (Å²) in [6, 6.07) is 6.07. The zero-order valence-electron chi connectivity index (χ0n) is 15.7. The van der Waals surface area contributed by atoms with Gasteiger partial charge in [0, 0.05) is 23.3 Å². The minimum atomic E-state index is -0.0205. The molecule has 1 fully saturated rings. The fraction of sp³-hybridized carbons (Fsp3) is 0.600. The number of benzene rings is 1. The Morgan fingerprint density at radius 2 is 1.92 bits per heavy atom. The Morgan fingerprint density at radius 1 is 1.20 bits per heavy atom.